The minimum absolute atomic E-state index is 0.471. The fourth-order valence-electron chi connectivity index (χ4n) is 3.83. The number of benzene rings is 1. The highest BCUT2D eigenvalue weighted by Crippen LogP contribution is 2.27. The molecule has 2 atom stereocenters. The van der Waals surface area contributed by atoms with Gasteiger partial charge in [-0.05, 0) is 56.3 Å². The standard InChI is InChI=1S/C18H29N3/c1-15-4-2-6-17(14-15)21-12-10-20(11-13-21)9-8-16-5-3-7-18(16)19/h2,4,6,14,16,18H,3,5,7-13,19H2,1H3. The molecule has 2 aliphatic rings. The molecule has 2 N–H and O–H groups in total. The molecule has 0 spiro atoms. The van der Waals surface area contributed by atoms with Crippen molar-refractivity contribution in [2.75, 3.05) is 37.6 Å². The molecule has 0 amide bonds. The van der Waals surface area contributed by atoms with Gasteiger partial charge in [0.25, 0.3) is 0 Å². The molecular weight excluding hydrogens is 258 g/mol. The van der Waals surface area contributed by atoms with Gasteiger partial charge >= 0.3 is 0 Å². The molecular formula is C18H29N3. The molecule has 3 heteroatoms. The Labute approximate surface area is 129 Å². The third-order valence-electron chi connectivity index (χ3n) is 5.27. The highest BCUT2D eigenvalue weighted by atomic mass is 15.3. The van der Waals surface area contributed by atoms with Crippen molar-refractivity contribution in [2.45, 2.75) is 38.6 Å². The number of anilines is 1. The molecule has 1 heterocycles. The van der Waals surface area contributed by atoms with Crippen molar-refractivity contribution in [2.24, 2.45) is 11.7 Å². The highest BCUT2D eigenvalue weighted by molar-refractivity contribution is 5.48. The van der Waals surface area contributed by atoms with Crippen molar-refractivity contribution in [1.29, 1.82) is 0 Å². The van der Waals surface area contributed by atoms with Crippen LogP contribution in [0, 0.1) is 12.8 Å². The van der Waals surface area contributed by atoms with E-state index in [-0.39, 0.29) is 0 Å². The molecule has 1 aromatic rings. The molecule has 21 heavy (non-hydrogen) atoms. The zero-order valence-corrected chi connectivity index (χ0v) is 13.3. The summed E-state index contributed by atoms with van der Waals surface area (Å²) in [6.07, 6.45) is 5.23. The van der Waals surface area contributed by atoms with E-state index in [0.717, 1.165) is 19.0 Å². The third kappa shape index (κ3) is 3.78. The summed E-state index contributed by atoms with van der Waals surface area (Å²) in [4.78, 5) is 5.14. The van der Waals surface area contributed by atoms with Crippen molar-refractivity contribution in [1.82, 2.24) is 4.90 Å². The summed E-state index contributed by atoms with van der Waals surface area (Å²) in [5, 5.41) is 0. The lowest BCUT2D eigenvalue weighted by Gasteiger charge is -2.36. The van der Waals surface area contributed by atoms with Gasteiger partial charge in [0, 0.05) is 37.9 Å². The molecule has 116 valence electrons. The maximum atomic E-state index is 6.18. The van der Waals surface area contributed by atoms with E-state index in [1.807, 2.05) is 0 Å². The molecule has 1 aliphatic heterocycles. The Kier molecular flexibility index (Phi) is 4.81. The van der Waals surface area contributed by atoms with Gasteiger partial charge in [-0.25, -0.2) is 0 Å². The first-order chi connectivity index (χ1) is 10.2. The second kappa shape index (κ2) is 6.80. The largest absolute Gasteiger partial charge is 0.369 e. The first-order valence-electron chi connectivity index (χ1n) is 8.52. The molecule has 1 aromatic carbocycles. The van der Waals surface area contributed by atoms with Gasteiger partial charge in [-0.1, -0.05) is 18.6 Å². The van der Waals surface area contributed by atoms with Gasteiger partial charge in [0.05, 0.1) is 0 Å². The Balaban J connectivity index is 1.44. The van der Waals surface area contributed by atoms with E-state index in [0.29, 0.717) is 6.04 Å². The van der Waals surface area contributed by atoms with Crippen LogP contribution >= 0.6 is 0 Å². The summed E-state index contributed by atoms with van der Waals surface area (Å²) >= 11 is 0. The normalized spacial score (nSPS) is 27.2. The first kappa shape index (κ1) is 14.9. The molecule has 3 rings (SSSR count). The Bertz CT molecular complexity index is 452. The van der Waals surface area contributed by atoms with Crippen LogP contribution in [0.1, 0.15) is 31.2 Å². The molecule has 2 fully saturated rings. The molecule has 0 aromatic heterocycles. The maximum Gasteiger partial charge on any atom is 0.0369 e. The van der Waals surface area contributed by atoms with E-state index in [4.69, 9.17) is 5.73 Å². The predicted molar refractivity (Wildman–Crippen MR) is 89.8 cm³/mol. The van der Waals surface area contributed by atoms with Crippen molar-refractivity contribution < 1.29 is 0 Å². The van der Waals surface area contributed by atoms with E-state index in [2.05, 4.69) is 41.0 Å². The number of rotatable bonds is 4. The number of nitrogens with two attached hydrogens (primary N) is 1. The lowest BCUT2D eigenvalue weighted by Crippen LogP contribution is -2.47. The zero-order valence-electron chi connectivity index (χ0n) is 13.3. The third-order valence-corrected chi connectivity index (χ3v) is 5.27. The molecule has 3 nitrogen and oxygen atoms in total. The Morgan fingerprint density at radius 3 is 2.62 bits per heavy atom. The van der Waals surface area contributed by atoms with Crippen LogP contribution in [0.4, 0.5) is 5.69 Å². The minimum atomic E-state index is 0.471. The average Bonchev–Trinajstić information content (AvgIpc) is 2.91. The van der Waals surface area contributed by atoms with Crippen molar-refractivity contribution in [3.8, 4) is 0 Å². The number of aryl methyl sites for hydroxylation is 1. The number of hydrogen-bond donors (Lipinski definition) is 1. The SMILES string of the molecule is Cc1cccc(N2CCN(CCC3CCCC3N)CC2)c1. The van der Waals surface area contributed by atoms with Crippen LogP contribution in [0.15, 0.2) is 24.3 Å². The summed E-state index contributed by atoms with van der Waals surface area (Å²) < 4.78 is 0. The van der Waals surface area contributed by atoms with Crippen LogP contribution in [-0.4, -0.2) is 43.7 Å². The molecule has 2 unspecified atom stereocenters. The smallest absolute Gasteiger partial charge is 0.0369 e. The van der Waals surface area contributed by atoms with Gasteiger partial charge in [-0.3, -0.25) is 4.90 Å². The summed E-state index contributed by atoms with van der Waals surface area (Å²) in [6.45, 7) is 8.09. The van der Waals surface area contributed by atoms with Gasteiger partial charge in [0.1, 0.15) is 0 Å². The summed E-state index contributed by atoms with van der Waals surface area (Å²) in [5.41, 5.74) is 8.91. The lowest BCUT2D eigenvalue weighted by molar-refractivity contribution is 0.234. The van der Waals surface area contributed by atoms with Gasteiger partial charge in [-0.2, -0.15) is 0 Å². The van der Waals surface area contributed by atoms with Crippen molar-refractivity contribution in [3.63, 3.8) is 0 Å². The molecule has 1 saturated carbocycles. The van der Waals surface area contributed by atoms with Crippen molar-refractivity contribution >= 4 is 5.69 Å². The lowest BCUT2D eigenvalue weighted by atomic mass is 10.00. The van der Waals surface area contributed by atoms with Crippen LogP contribution in [-0.2, 0) is 0 Å². The van der Waals surface area contributed by atoms with E-state index >= 15 is 0 Å². The topological polar surface area (TPSA) is 32.5 Å². The first-order valence-corrected chi connectivity index (χ1v) is 8.52. The fraction of sp³-hybridized carbons (Fsp3) is 0.667. The Hall–Kier alpha value is -1.06. The summed E-state index contributed by atoms with van der Waals surface area (Å²) in [6, 6.07) is 9.34. The number of nitrogens with zero attached hydrogens (tertiary/aromatic N) is 2. The predicted octanol–water partition coefficient (Wildman–Crippen LogP) is 2.63. The molecule has 0 radical (unpaired) electrons. The second-order valence-corrected chi connectivity index (χ2v) is 6.81. The quantitative estimate of drug-likeness (QED) is 0.924. The minimum Gasteiger partial charge on any atom is -0.369 e. The number of piperazine rings is 1. The van der Waals surface area contributed by atoms with Gasteiger partial charge in [0.15, 0.2) is 0 Å². The fourth-order valence-corrected chi connectivity index (χ4v) is 3.83. The van der Waals surface area contributed by atoms with Crippen LogP contribution in [0.5, 0.6) is 0 Å². The summed E-state index contributed by atoms with van der Waals surface area (Å²) in [5.74, 6) is 0.778. The van der Waals surface area contributed by atoms with Crippen LogP contribution in [0.3, 0.4) is 0 Å². The number of hydrogen-bond acceptors (Lipinski definition) is 3. The van der Waals surface area contributed by atoms with E-state index in [9.17, 15) is 0 Å². The monoisotopic (exact) mass is 287 g/mol. The van der Waals surface area contributed by atoms with E-state index < -0.39 is 0 Å². The maximum absolute atomic E-state index is 6.18. The van der Waals surface area contributed by atoms with Crippen LogP contribution < -0.4 is 10.6 Å². The molecule has 1 saturated heterocycles. The average molecular weight is 287 g/mol. The van der Waals surface area contributed by atoms with Gasteiger partial charge in [-0.15, -0.1) is 0 Å². The second-order valence-electron chi connectivity index (χ2n) is 6.81. The summed E-state index contributed by atoms with van der Waals surface area (Å²) in [7, 11) is 0. The van der Waals surface area contributed by atoms with Gasteiger partial charge in [0.2, 0.25) is 0 Å². The van der Waals surface area contributed by atoms with E-state index in [1.54, 1.807) is 0 Å². The molecule has 1 aliphatic carbocycles. The van der Waals surface area contributed by atoms with Gasteiger partial charge < -0.3 is 10.6 Å². The van der Waals surface area contributed by atoms with Crippen LogP contribution in [0.25, 0.3) is 0 Å². The highest BCUT2D eigenvalue weighted by Gasteiger charge is 2.25. The molecule has 0 bridgehead atoms. The zero-order chi connectivity index (χ0) is 14.7. The van der Waals surface area contributed by atoms with E-state index in [1.165, 1.54) is 56.6 Å². The Morgan fingerprint density at radius 1 is 1.14 bits per heavy atom. The van der Waals surface area contributed by atoms with Crippen LogP contribution in [0.2, 0.25) is 0 Å². The van der Waals surface area contributed by atoms with Crippen molar-refractivity contribution in [3.05, 3.63) is 29.8 Å². The Morgan fingerprint density at radius 2 is 1.95 bits per heavy atom.